The summed E-state index contributed by atoms with van der Waals surface area (Å²) in [5.41, 5.74) is 4.77. The van der Waals surface area contributed by atoms with Crippen molar-refractivity contribution in [2.75, 3.05) is 7.11 Å². The number of ether oxygens (including phenoxy) is 1. The minimum Gasteiger partial charge on any atom is -0.496 e. The van der Waals surface area contributed by atoms with Gasteiger partial charge in [0.1, 0.15) is 5.75 Å². The van der Waals surface area contributed by atoms with Crippen molar-refractivity contribution in [1.29, 1.82) is 0 Å². The Labute approximate surface area is 124 Å². The van der Waals surface area contributed by atoms with Crippen LogP contribution < -0.4 is 4.74 Å². The second-order valence-electron chi connectivity index (χ2n) is 4.91. The van der Waals surface area contributed by atoms with Gasteiger partial charge in [0.25, 0.3) is 0 Å². The molecule has 0 fully saturated rings. The number of ketones is 1. The average Bonchev–Trinajstić information content (AvgIpc) is 2.37. The summed E-state index contributed by atoms with van der Waals surface area (Å²) in [6.07, 6.45) is 0. The number of hydrogen-bond donors (Lipinski definition) is 0. The van der Waals surface area contributed by atoms with Gasteiger partial charge in [-0.2, -0.15) is 0 Å². The maximum atomic E-state index is 11.4. The van der Waals surface area contributed by atoms with Crippen LogP contribution in [-0.4, -0.2) is 12.9 Å². The molecule has 0 aliphatic carbocycles. The Morgan fingerprint density at radius 3 is 2.40 bits per heavy atom. The van der Waals surface area contributed by atoms with Crippen molar-refractivity contribution in [3.8, 4) is 16.9 Å². The standard InChI is InChI=1S/C17H17ClO2/c1-10-7-11(2)17(16(8-10)20-4)13-5-6-14(12(3)19)15(18)9-13/h5-9H,1-4H3. The molecule has 0 amide bonds. The molecule has 0 aliphatic rings. The second-order valence-corrected chi connectivity index (χ2v) is 5.32. The fourth-order valence-electron chi connectivity index (χ4n) is 2.42. The Hall–Kier alpha value is -1.80. The summed E-state index contributed by atoms with van der Waals surface area (Å²) in [6.45, 7) is 5.58. The van der Waals surface area contributed by atoms with Crippen molar-refractivity contribution >= 4 is 17.4 Å². The quantitative estimate of drug-likeness (QED) is 0.756. The molecule has 2 aromatic rings. The Morgan fingerprint density at radius 1 is 1.15 bits per heavy atom. The number of methoxy groups -OCH3 is 1. The van der Waals surface area contributed by atoms with Gasteiger partial charge >= 0.3 is 0 Å². The molecule has 0 spiro atoms. The zero-order valence-corrected chi connectivity index (χ0v) is 12.8. The number of aryl methyl sites for hydroxylation is 2. The molecule has 2 nitrogen and oxygen atoms in total. The third kappa shape index (κ3) is 2.70. The first-order valence-corrected chi connectivity index (χ1v) is 6.78. The van der Waals surface area contributed by atoms with Gasteiger partial charge in [-0.25, -0.2) is 0 Å². The number of benzene rings is 2. The van der Waals surface area contributed by atoms with Crippen LogP contribution in [0.25, 0.3) is 11.1 Å². The van der Waals surface area contributed by atoms with E-state index in [-0.39, 0.29) is 5.78 Å². The van der Waals surface area contributed by atoms with Gasteiger partial charge in [-0.1, -0.05) is 23.7 Å². The van der Waals surface area contributed by atoms with E-state index in [0.717, 1.165) is 28.0 Å². The zero-order chi connectivity index (χ0) is 14.9. The van der Waals surface area contributed by atoms with Crippen LogP contribution in [0.4, 0.5) is 0 Å². The third-order valence-corrected chi connectivity index (χ3v) is 3.61. The number of carbonyl (C=O) groups is 1. The topological polar surface area (TPSA) is 26.3 Å². The highest BCUT2D eigenvalue weighted by Gasteiger charge is 2.13. The van der Waals surface area contributed by atoms with Crippen LogP contribution in [0.2, 0.25) is 5.02 Å². The Kier molecular flexibility index (Phi) is 4.15. The van der Waals surface area contributed by atoms with E-state index in [9.17, 15) is 4.79 Å². The normalized spacial score (nSPS) is 10.4. The van der Waals surface area contributed by atoms with E-state index in [1.165, 1.54) is 6.92 Å². The molecule has 0 radical (unpaired) electrons. The summed E-state index contributed by atoms with van der Waals surface area (Å²) in [4.78, 5) is 11.4. The van der Waals surface area contributed by atoms with Crippen molar-refractivity contribution in [1.82, 2.24) is 0 Å². The predicted molar refractivity (Wildman–Crippen MR) is 82.9 cm³/mol. The van der Waals surface area contributed by atoms with E-state index in [1.807, 2.05) is 32.0 Å². The van der Waals surface area contributed by atoms with Crippen molar-refractivity contribution in [2.45, 2.75) is 20.8 Å². The Bertz CT molecular complexity index is 675. The van der Waals surface area contributed by atoms with Crippen LogP contribution in [0.5, 0.6) is 5.75 Å². The summed E-state index contributed by atoms with van der Waals surface area (Å²) >= 11 is 6.19. The van der Waals surface area contributed by atoms with Crippen LogP contribution in [0.1, 0.15) is 28.4 Å². The lowest BCUT2D eigenvalue weighted by Gasteiger charge is -2.14. The van der Waals surface area contributed by atoms with Crippen molar-refractivity contribution < 1.29 is 9.53 Å². The zero-order valence-electron chi connectivity index (χ0n) is 12.1. The van der Waals surface area contributed by atoms with E-state index < -0.39 is 0 Å². The summed E-state index contributed by atoms with van der Waals surface area (Å²) in [6, 6.07) is 9.58. The first kappa shape index (κ1) is 14.6. The molecule has 0 saturated heterocycles. The van der Waals surface area contributed by atoms with Crippen LogP contribution >= 0.6 is 11.6 Å². The van der Waals surface area contributed by atoms with E-state index in [2.05, 4.69) is 6.07 Å². The highest BCUT2D eigenvalue weighted by molar-refractivity contribution is 6.34. The summed E-state index contributed by atoms with van der Waals surface area (Å²) in [5.74, 6) is 0.781. The number of Topliss-reactive ketones (excluding diaryl/α,β-unsaturated/α-hetero) is 1. The molecule has 3 heteroatoms. The first-order chi connectivity index (χ1) is 9.43. The average molecular weight is 289 g/mol. The van der Waals surface area contributed by atoms with Gasteiger partial charge in [0.15, 0.2) is 5.78 Å². The smallest absolute Gasteiger partial charge is 0.161 e. The third-order valence-electron chi connectivity index (χ3n) is 3.30. The van der Waals surface area contributed by atoms with Crippen molar-refractivity contribution in [3.05, 3.63) is 52.0 Å². The fourth-order valence-corrected chi connectivity index (χ4v) is 2.73. The molecule has 0 atom stereocenters. The molecule has 20 heavy (non-hydrogen) atoms. The molecular weight excluding hydrogens is 272 g/mol. The molecule has 0 N–H and O–H groups in total. The fraction of sp³-hybridized carbons (Fsp3) is 0.235. The predicted octanol–water partition coefficient (Wildman–Crippen LogP) is 4.84. The largest absolute Gasteiger partial charge is 0.496 e. The van der Waals surface area contributed by atoms with Gasteiger partial charge in [-0.05, 0) is 55.7 Å². The van der Waals surface area contributed by atoms with E-state index >= 15 is 0 Å². The molecule has 0 bridgehead atoms. The molecule has 0 heterocycles. The lowest BCUT2D eigenvalue weighted by atomic mass is 9.96. The van der Waals surface area contributed by atoms with E-state index in [4.69, 9.17) is 16.3 Å². The first-order valence-electron chi connectivity index (χ1n) is 6.40. The van der Waals surface area contributed by atoms with Gasteiger partial charge in [-0.3, -0.25) is 4.79 Å². The van der Waals surface area contributed by atoms with E-state index in [1.54, 1.807) is 13.2 Å². The lowest BCUT2D eigenvalue weighted by Crippen LogP contribution is -1.96. The van der Waals surface area contributed by atoms with Gasteiger partial charge in [-0.15, -0.1) is 0 Å². The Morgan fingerprint density at radius 2 is 1.85 bits per heavy atom. The SMILES string of the molecule is COc1cc(C)cc(C)c1-c1ccc(C(C)=O)c(Cl)c1. The second kappa shape index (κ2) is 5.68. The van der Waals surface area contributed by atoms with Gasteiger partial charge in [0.2, 0.25) is 0 Å². The monoisotopic (exact) mass is 288 g/mol. The molecule has 0 aromatic heterocycles. The highest BCUT2D eigenvalue weighted by atomic mass is 35.5. The van der Waals surface area contributed by atoms with Gasteiger partial charge < -0.3 is 4.74 Å². The highest BCUT2D eigenvalue weighted by Crippen LogP contribution is 2.36. The van der Waals surface area contributed by atoms with Crippen molar-refractivity contribution in [2.24, 2.45) is 0 Å². The molecule has 0 unspecified atom stereocenters. The maximum Gasteiger partial charge on any atom is 0.161 e. The molecule has 2 aromatic carbocycles. The van der Waals surface area contributed by atoms with Crippen LogP contribution in [-0.2, 0) is 0 Å². The summed E-state index contributed by atoms with van der Waals surface area (Å²) < 4.78 is 5.47. The lowest BCUT2D eigenvalue weighted by molar-refractivity contribution is 0.101. The van der Waals surface area contributed by atoms with Crippen LogP contribution in [0.15, 0.2) is 30.3 Å². The number of halogens is 1. The molecular formula is C17H17ClO2. The molecule has 0 aliphatic heterocycles. The molecule has 104 valence electrons. The summed E-state index contributed by atoms with van der Waals surface area (Å²) in [7, 11) is 1.66. The van der Waals surface area contributed by atoms with Crippen LogP contribution in [0.3, 0.4) is 0 Å². The minimum absolute atomic E-state index is 0.0332. The van der Waals surface area contributed by atoms with Gasteiger partial charge in [0.05, 0.1) is 12.1 Å². The van der Waals surface area contributed by atoms with Crippen LogP contribution in [0, 0.1) is 13.8 Å². The maximum absolute atomic E-state index is 11.4. The Balaban J connectivity index is 2.63. The van der Waals surface area contributed by atoms with E-state index in [0.29, 0.717) is 10.6 Å². The number of carbonyl (C=O) groups excluding carboxylic acids is 1. The van der Waals surface area contributed by atoms with Crippen molar-refractivity contribution in [3.63, 3.8) is 0 Å². The summed E-state index contributed by atoms with van der Waals surface area (Å²) in [5, 5.41) is 0.469. The molecule has 0 saturated carbocycles. The number of rotatable bonds is 3. The minimum atomic E-state index is -0.0332. The molecule has 2 rings (SSSR count). The van der Waals surface area contributed by atoms with Gasteiger partial charge in [0, 0.05) is 11.1 Å². The number of hydrogen-bond acceptors (Lipinski definition) is 2.